The lowest BCUT2D eigenvalue weighted by Gasteiger charge is -2.21. The number of rotatable bonds is 2. The van der Waals surface area contributed by atoms with Gasteiger partial charge in [-0.1, -0.05) is 37.3 Å². The number of carbonyl (C=O) groups excluding carboxylic acids is 1. The van der Waals surface area contributed by atoms with Crippen molar-refractivity contribution in [1.82, 2.24) is 0 Å². The fourth-order valence-corrected chi connectivity index (χ4v) is 2.31. The van der Waals surface area contributed by atoms with Gasteiger partial charge in [0.25, 0.3) is 0 Å². The van der Waals surface area contributed by atoms with E-state index in [1.807, 2.05) is 18.2 Å². The highest BCUT2D eigenvalue weighted by atomic mass is 16.1. The SMILES string of the molecule is CC1(Cc2ccccc2)CCCC1=O. The molecule has 0 aliphatic heterocycles. The van der Waals surface area contributed by atoms with E-state index < -0.39 is 0 Å². The second-order valence-electron chi connectivity index (χ2n) is 4.50. The van der Waals surface area contributed by atoms with Gasteiger partial charge in [-0.3, -0.25) is 4.79 Å². The van der Waals surface area contributed by atoms with Crippen molar-refractivity contribution in [2.45, 2.75) is 32.6 Å². The van der Waals surface area contributed by atoms with Gasteiger partial charge in [0.2, 0.25) is 0 Å². The van der Waals surface area contributed by atoms with Crippen LogP contribution in [0.25, 0.3) is 0 Å². The Morgan fingerprint density at radius 3 is 2.57 bits per heavy atom. The highest BCUT2D eigenvalue weighted by Crippen LogP contribution is 2.37. The molecule has 1 unspecified atom stereocenters. The highest BCUT2D eigenvalue weighted by molar-refractivity contribution is 5.86. The van der Waals surface area contributed by atoms with Crippen LogP contribution in [0.3, 0.4) is 0 Å². The fourth-order valence-electron chi connectivity index (χ4n) is 2.31. The van der Waals surface area contributed by atoms with Crippen molar-refractivity contribution in [2.24, 2.45) is 5.41 Å². The summed E-state index contributed by atoms with van der Waals surface area (Å²) in [7, 11) is 0. The molecule has 0 aromatic heterocycles. The summed E-state index contributed by atoms with van der Waals surface area (Å²) in [6.45, 7) is 2.11. The first-order valence-electron chi connectivity index (χ1n) is 5.28. The van der Waals surface area contributed by atoms with Crippen molar-refractivity contribution >= 4 is 5.78 Å². The molecule has 1 fully saturated rings. The lowest BCUT2D eigenvalue weighted by molar-refractivity contribution is -0.124. The van der Waals surface area contributed by atoms with Crippen LogP contribution in [0, 0.1) is 5.41 Å². The largest absolute Gasteiger partial charge is 0.299 e. The standard InChI is InChI=1S/C13H16O/c1-13(9-5-8-12(13)14)10-11-6-3-2-4-7-11/h2-4,6-7H,5,8-10H2,1H3. The first kappa shape index (κ1) is 9.45. The molecule has 0 saturated heterocycles. The number of hydrogen-bond donors (Lipinski definition) is 0. The molecule has 1 nitrogen and oxygen atoms in total. The molecule has 1 saturated carbocycles. The molecule has 74 valence electrons. The number of ketones is 1. The number of Topliss-reactive ketones (excluding diaryl/α,β-unsaturated/α-hetero) is 1. The maximum absolute atomic E-state index is 11.7. The minimum absolute atomic E-state index is 0.0820. The topological polar surface area (TPSA) is 17.1 Å². The third-order valence-electron chi connectivity index (χ3n) is 3.24. The van der Waals surface area contributed by atoms with Gasteiger partial charge in [0.15, 0.2) is 0 Å². The number of carbonyl (C=O) groups is 1. The van der Waals surface area contributed by atoms with E-state index >= 15 is 0 Å². The van der Waals surface area contributed by atoms with E-state index in [0.29, 0.717) is 5.78 Å². The van der Waals surface area contributed by atoms with Crippen LogP contribution in [-0.4, -0.2) is 5.78 Å². The second-order valence-corrected chi connectivity index (χ2v) is 4.50. The van der Waals surface area contributed by atoms with Gasteiger partial charge in [-0.2, -0.15) is 0 Å². The van der Waals surface area contributed by atoms with E-state index in [2.05, 4.69) is 19.1 Å². The van der Waals surface area contributed by atoms with Gasteiger partial charge >= 0.3 is 0 Å². The normalized spacial score (nSPS) is 26.8. The van der Waals surface area contributed by atoms with Gasteiger partial charge in [-0.15, -0.1) is 0 Å². The van der Waals surface area contributed by atoms with Crippen molar-refractivity contribution in [3.63, 3.8) is 0 Å². The lowest BCUT2D eigenvalue weighted by atomic mass is 9.81. The number of hydrogen-bond acceptors (Lipinski definition) is 1. The quantitative estimate of drug-likeness (QED) is 0.697. The molecule has 1 heteroatoms. The monoisotopic (exact) mass is 188 g/mol. The molecule has 1 aliphatic carbocycles. The molecular formula is C13H16O. The van der Waals surface area contributed by atoms with E-state index in [9.17, 15) is 4.79 Å². The van der Waals surface area contributed by atoms with Gasteiger partial charge in [0.1, 0.15) is 5.78 Å². The highest BCUT2D eigenvalue weighted by Gasteiger charge is 2.36. The van der Waals surface area contributed by atoms with Crippen molar-refractivity contribution in [2.75, 3.05) is 0 Å². The zero-order valence-corrected chi connectivity index (χ0v) is 8.62. The molecule has 0 amide bonds. The summed E-state index contributed by atoms with van der Waals surface area (Å²) in [4.78, 5) is 11.7. The van der Waals surface area contributed by atoms with Crippen molar-refractivity contribution in [1.29, 1.82) is 0 Å². The van der Waals surface area contributed by atoms with Crippen molar-refractivity contribution in [3.05, 3.63) is 35.9 Å². The van der Waals surface area contributed by atoms with Crippen LogP contribution in [0.2, 0.25) is 0 Å². The molecule has 2 rings (SSSR count). The molecule has 1 atom stereocenters. The Morgan fingerprint density at radius 1 is 1.29 bits per heavy atom. The van der Waals surface area contributed by atoms with E-state index in [-0.39, 0.29) is 5.41 Å². The van der Waals surface area contributed by atoms with Gasteiger partial charge in [-0.25, -0.2) is 0 Å². The van der Waals surface area contributed by atoms with Crippen LogP contribution in [0.1, 0.15) is 31.7 Å². The summed E-state index contributed by atoms with van der Waals surface area (Å²) in [5.41, 5.74) is 1.20. The summed E-state index contributed by atoms with van der Waals surface area (Å²) in [5.74, 6) is 0.446. The van der Waals surface area contributed by atoms with E-state index in [1.165, 1.54) is 5.56 Å². The molecule has 0 radical (unpaired) electrons. The smallest absolute Gasteiger partial charge is 0.139 e. The van der Waals surface area contributed by atoms with Crippen LogP contribution in [-0.2, 0) is 11.2 Å². The average molecular weight is 188 g/mol. The Hall–Kier alpha value is -1.11. The summed E-state index contributed by atoms with van der Waals surface area (Å²) in [6.07, 6.45) is 3.82. The lowest BCUT2D eigenvalue weighted by Crippen LogP contribution is -2.24. The maximum Gasteiger partial charge on any atom is 0.139 e. The van der Waals surface area contributed by atoms with Gasteiger partial charge < -0.3 is 0 Å². The zero-order chi connectivity index (χ0) is 10.0. The summed E-state index contributed by atoms with van der Waals surface area (Å²) in [6, 6.07) is 10.3. The van der Waals surface area contributed by atoms with Gasteiger partial charge in [-0.05, 0) is 24.8 Å². The third-order valence-corrected chi connectivity index (χ3v) is 3.24. The average Bonchev–Trinajstić information content (AvgIpc) is 2.48. The predicted octanol–water partition coefficient (Wildman–Crippen LogP) is 2.99. The van der Waals surface area contributed by atoms with Crippen LogP contribution in [0.4, 0.5) is 0 Å². The number of benzene rings is 1. The maximum atomic E-state index is 11.7. The van der Waals surface area contributed by atoms with Crippen molar-refractivity contribution in [3.8, 4) is 0 Å². The van der Waals surface area contributed by atoms with Gasteiger partial charge in [0, 0.05) is 11.8 Å². The first-order valence-corrected chi connectivity index (χ1v) is 5.28. The van der Waals surface area contributed by atoms with E-state index in [0.717, 1.165) is 25.7 Å². The summed E-state index contributed by atoms with van der Waals surface area (Å²) >= 11 is 0. The van der Waals surface area contributed by atoms with E-state index in [1.54, 1.807) is 0 Å². The Labute approximate surface area is 85.1 Å². The van der Waals surface area contributed by atoms with Crippen LogP contribution in [0.5, 0.6) is 0 Å². The van der Waals surface area contributed by atoms with Crippen molar-refractivity contribution < 1.29 is 4.79 Å². The van der Waals surface area contributed by atoms with Crippen LogP contribution >= 0.6 is 0 Å². The zero-order valence-electron chi connectivity index (χ0n) is 8.62. The van der Waals surface area contributed by atoms with E-state index in [4.69, 9.17) is 0 Å². The predicted molar refractivity (Wildman–Crippen MR) is 57.1 cm³/mol. The molecule has 0 bridgehead atoms. The summed E-state index contributed by atoms with van der Waals surface area (Å²) in [5, 5.41) is 0. The van der Waals surface area contributed by atoms with Crippen LogP contribution < -0.4 is 0 Å². The Balaban J connectivity index is 2.14. The first-order chi connectivity index (χ1) is 6.71. The van der Waals surface area contributed by atoms with Crippen LogP contribution in [0.15, 0.2) is 30.3 Å². The Morgan fingerprint density at radius 2 is 2.00 bits per heavy atom. The molecule has 0 N–H and O–H groups in total. The molecule has 1 aromatic rings. The summed E-state index contributed by atoms with van der Waals surface area (Å²) < 4.78 is 0. The molecule has 0 heterocycles. The third kappa shape index (κ3) is 1.72. The molecule has 0 spiro atoms. The Kier molecular flexibility index (Phi) is 2.40. The minimum atomic E-state index is -0.0820. The molecule has 14 heavy (non-hydrogen) atoms. The molecular weight excluding hydrogens is 172 g/mol. The second kappa shape index (κ2) is 3.56. The Bertz CT molecular complexity index is 328. The van der Waals surface area contributed by atoms with Gasteiger partial charge in [0.05, 0.1) is 0 Å². The molecule has 1 aliphatic rings. The molecule has 1 aromatic carbocycles. The minimum Gasteiger partial charge on any atom is -0.299 e. The fraction of sp³-hybridized carbons (Fsp3) is 0.462.